The molecular formula is C19H25N5O2S. The van der Waals surface area contributed by atoms with E-state index in [0.717, 1.165) is 35.0 Å². The average molecular weight is 388 g/mol. The zero-order chi connectivity index (χ0) is 19.4. The third-order valence-corrected chi connectivity index (χ3v) is 5.79. The second-order valence-corrected chi connectivity index (χ2v) is 7.60. The third-order valence-electron chi connectivity index (χ3n) is 4.77. The number of nitrogens with zero attached hydrogens (tertiary/aromatic N) is 3. The summed E-state index contributed by atoms with van der Waals surface area (Å²) in [6.45, 7) is 6.76. The molecule has 1 aliphatic heterocycles. The fourth-order valence-corrected chi connectivity index (χ4v) is 4.18. The normalized spacial score (nSPS) is 15.5. The molecule has 0 aliphatic carbocycles. The van der Waals surface area contributed by atoms with Crippen LogP contribution in [0.15, 0.2) is 29.6 Å². The predicted octanol–water partition coefficient (Wildman–Crippen LogP) is 2.21. The van der Waals surface area contributed by atoms with Gasteiger partial charge in [0.25, 0.3) is 0 Å². The van der Waals surface area contributed by atoms with Gasteiger partial charge >= 0.3 is 6.03 Å². The molecule has 1 aliphatic rings. The second-order valence-electron chi connectivity index (χ2n) is 6.76. The molecule has 0 radical (unpaired) electrons. The zero-order valence-electron chi connectivity index (χ0n) is 15.6. The van der Waals surface area contributed by atoms with E-state index in [2.05, 4.69) is 15.2 Å². The maximum atomic E-state index is 12.8. The standard InChI is InChI=1S/C19H25N5O2S/c1-13-5-3-4-6-15(13)16(22-18(20)26)11-17(25)23-7-9-24(10-8-23)19-21-14(2)12-27-19/h3-6,12,16H,7-11H2,1-2H3,(H3,20,22,26). The molecule has 1 atom stereocenters. The molecule has 0 spiro atoms. The number of piperazine rings is 1. The van der Waals surface area contributed by atoms with Crippen LogP contribution in [0, 0.1) is 13.8 Å². The number of carbonyl (C=O) groups excluding carboxylic acids is 2. The summed E-state index contributed by atoms with van der Waals surface area (Å²) in [4.78, 5) is 32.8. The summed E-state index contributed by atoms with van der Waals surface area (Å²) >= 11 is 1.63. The van der Waals surface area contributed by atoms with Crippen LogP contribution in [-0.2, 0) is 4.79 Å². The van der Waals surface area contributed by atoms with Gasteiger partial charge in [0.1, 0.15) is 0 Å². The zero-order valence-corrected chi connectivity index (χ0v) is 16.5. The number of amides is 3. The van der Waals surface area contributed by atoms with E-state index in [9.17, 15) is 9.59 Å². The van der Waals surface area contributed by atoms with Gasteiger partial charge in [-0.1, -0.05) is 24.3 Å². The summed E-state index contributed by atoms with van der Waals surface area (Å²) in [5, 5.41) is 5.76. The Balaban J connectivity index is 1.63. The lowest BCUT2D eigenvalue weighted by Gasteiger charge is -2.35. The van der Waals surface area contributed by atoms with Gasteiger partial charge in [-0.05, 0) is 25.0 Å². The van der Waals surface area contributed by atoms with Crippen molar-refractivity contribution in [3.8, 4) is 0 Å². The van der Waals surface area contributed by atoms with Crippen molar-refractivity contribution in [2.24, 2.45) is 5.73 Å². The number of nitrogens with one attached hydrogen (secondary N) is 1. The number of aromatic nitrogens is 1. The van der Waals surface area contributed by atoms with Gasteiger partial charge < -0.3 is 20.9 Å². The summed E-state index contributed by atoms with van der Waals surface area (Å²) in [7, 11) is 0. The minimum Gasteiger partial charge on any atom is -0.352 e. The largest absolute Gasteiger partial charge is 0.352 e. The van der Waals surface area contributed by atoms with Crippen molar-refractivity contribution in [1.29, 1.82) is 0 Å². The Morgan fingerprint density at radius 3 is 2.52 bits per heavy atom. The topological polar surface area (TPSA) is 91.6 Å². The Morgan fingerprint density at radius 2 is 1.93 bits per heavy atom. The first kappa shape index (κ1) is 19.2. The van der Waals surface area contributed by atoms with Gasteiger partial charge in [0, 0.05) is 31.6 Å². The summed E-state index contributed by atoms with van der Waals surface area (Å²) in [5.74, 6) is 0.0203. The van der Waals surface area contributed by atoms with Gasteiger partial charge in [-0.3, -0.25) is 4.79 Å². The Kier molecular flexibility index (Phi) is 5.95. The van der Waals surface area contributed by atoms with Crippen molar-refractivity contribution >= 4 is 28.4 Å². The van der Waals surface area contributed by atoms with Crippen LogP contribution < -0.4 is 16.0 Å². The molecule has 1 aromatic heterocycles. The van der Waals surface area contributed by atoms with Crippen molar-refractivity contribution in [2.45, 2.75) is 26.3 Å². The van der Waals surface area contributed by atoms with Crippen LogP contribution in [0.4, 0.5) is 9.93 Å². The van der Waals surface area contributed by atoms with Crippen LogP contribution in [-0.4, -0.2) is 48.0 Å². The second kappa shape index (κ2) is 8.39. The minimum atomic E-state index is -0.625. The monoisotopic (exact) mass is 387 g/mol. The van der Waals surface area contributed by atoms with E-state index in [-0.39, 0.29) is 12.3 Å². The smallest absolute Gasteiger partial charge is 0.312 e. The van der Waals surface area contributed by atoms with Gasteiger partial charge in [0.15, 0.2) is 5.13 Å². The van der Waals surface area contributed by atoms with Crippen molar-refractivity contribution in [3.63, 3.8) is 0 Å². The lowest BCUT2D eigenvalue weighted by molar-refractivity contribution is -0.132. The highest BCUT2D eigenvalue weighted by Crippen LogP contribution is 2.24. The SMILES string of the molecule is Cc1csc(N2CCN(C(=O)CC(NC(N)=O)c3ccccc3C)CC2)n1. The number of benzene rings is 1. The third kappa shape index (κ3) is 4.77. The Bertz CT molecular complexity index is 814. The van der Waals surface area contributed by atoms with Crippen molar-refractivity contribution in [1.82, 2.24) is 15.2 Å². The maximum Gasteiger partial charge on any atom is 0.312 e. The summed E-state index contributed by atoms with van der Waals surface area (Å²) in [6.07, 6.45) is 0.199. The number of aryl methyl sites for hydroxylation is 2. The number of anilines is 1. The van der Waals surface area contributed by atoms with Crippen LogP contribution in [0.3, 0.4) is 0 Å². The van der Waals surface area contributed by atoms with Crippen LogP contribution >= 0.6 is 11.3 Å². The van der Waals surface area contributed by atoms with Gasteiger partial charge in [0.2, 0.25) is 5.91 Å². The van der Waals surface area contributed by atoms with E-state index in [1.807, 2.05) is 48.4 Å². The number of carbonyl (C=O) groups is 2. The lowest BCUT2D eigenvalue weighted by Crippen LogP contribution is -2.49. The van der Waals surface area contributed by atoms with E-state index in [4.69, 9.17) is 5.73 Å². The number of nitrogens with two attached hydrogens (primary N) is 1. The van der Waals surface area contributed by atoms with Crippen LogP contribution in [0.1, 0.15) is 29.3 Å². The minimum absolute atomic E-state index is 0.0203. The van der Waals surface area contributed by atoms with Crippen LogP contribution in [0.2, 0.25) is 0 Å². The molecule has 8 heteroatoms. The first-order chi connectivity index (χ1) is 12.9. The summed E-state index contributed by atoms with van der Waals surface area (Å²) in [6, 6.07) is 6.67. The number of hydrogen-bond acceptors (Lipinski definition) is 5. The molecule has 1 unspecified atom stereocenters. The molecule has 0 saturated carbocycles. The highest BCUT2D eigenvalue weighted by molar-refractivity contribution is 7.13. The van der Waals surface area contributed by atoms with E-state index >= 15 is 0 Å². The molecule has 3 rings (SSSR count). The molecule has 3 amide bonds. The molecule has 3 N–H and O–H groups in total. The van der Waals surface area contributed by atoms with Crippen molar-refractivity contribution < 1.29 is 9.59 Å². The molecule has 1 saturated heterocycles. The van der Waals surface area contributed by atoms with E-state index < -0.39 is 12.1 Å². The summed E-state index contributed by atoms with van der Waals surface area (Å²) in [5.41, 5.74) is 8.29. The first-order valence-corrected chi connectivity index (χ1v) is 9.88. The molecule has 2 heterocycles. The van der Waals surface area contributed by atoms with Gasteiger partial charge in [-0.25, -0.2) is 9.78 Å². The lowest BCUT2D eigenvalue weighted by atomic mass is 9.98. The predicted molar refractivity (Wildman–Crippen MR) is 107 cm³/mol. The highest BCUT2D eigenvalue weighted by Gasteiger charge is 2.26. The summed E-state index contributed by atoms with van der Waals surface area (Å²) < 4.78 is 0. The molecule has 1 fully saturated rings. The molecule has 2 aromatic rings. The first-order valence-electron chi connectivity index (χ1n) is 9.00. The van der Waals surface area contributed by atoms with Crippen LogP contribution in [0.25, 0.3) is 0 Å². The fourth-order valence-electron chi connectivity index (χ4n) is 3.33. The fraction of sp³-hybridized carbons (Fsp3) is 0.421. The Hall–Kier alpha value is -2.61. The number of hydrogen-bond donors (Lipinski definition) is 2. The Morgan fingerprint density at radius 1 is 1.22 bits per heavy atom. The molecule has 1 aromatic carbocycles. The number of urea groups is 1. The van der Waals surface area contributed by atoms with Gasteiger partial charge in [0.05, 0.1) is 18.2 Å². The molecule has 0 bridgehead atoms. The van der Waals surface area contributed by atoms with Crippen molar-refractivity contribution in [2.75, 3.05) is 31.1 Å². The van der Waals surface area contributed by atoms with Gasteiger partial charge in [-0.15, -0.1) is 11.3 Å². The molecule has 144 valence electrons. The van der Waals surface area contributed by atoms with Gasteiger partial charge in [-0.2, -0.15) is 0 Å². The Labute approximate surface area is 163 Å². The molecule has 27 heavy (non-hydrogen) atoms. The maximum absolute atomic E-state index is 12.8. The van der Waals surface area contributed by atoms with E-state index in [1.165, 1.54) is 0 Å². The van der Waals surface area contributed by atoms with Crippen LogP contribution in [0.5, 0.6) is 0 Å². The van der Waals surface area contributed by atoms with E-state index in [1.54, 1.807) is 11.3 Å². The molecule has 7 nitrogen and oxygen atoms in total. The number of rotatable bonds is 5. The average Bonchev–Trinajstić information content (AvgIpc) is 3.08. The van der Waals surface area contributed by atoms with Crippen molar-refractivity contribution in [3.05, 3.63) is 46.5 Å². The molecular weight excluding hydrogens is 362 g/mol. The van der Waals surface area contributed by atoms with E-state index in [0.29, 0.717) is 13.1 Å². The number of primary amides is 1. The quantitative estimate of drug-likeness (QED) is 0.823. The highest BCUT2D eigenvalue weighted by atomic mass is 32.1. The number of thiazole rings is 1.